The maximum absolute atomic E-state index is 6.35. The molecule has 3 nitrogen and oxygen atoms in total. The van der Waals surface area contributed by atoms with Gasteiger partial charge in [-0.3, -0.25) is 0 Å². The van der Waals surface area contributed by atoms with Crippen molar-refractivity contribution in [2.24, 2.45) is 0 Å². The minimum atomic E-state index is -2.70. The van der Waals surface area contributed by atoms with E-state index in [1.54, 1.807) is 0 Å². The third-order valence-electron chi connectivity index (χ3n) is 4.95. The number of hydrogen-bond donors (Lipinski definition) is 0. The molecule has 0 N–H and O–H groups in total. The van der Waals surface area contributed by atoms with Gasteiger partial charge in [0.05, 0.1) is 0 Å². The molecule has 0 heterocycles. The molecule has 0 aliphatic rings. The first-order chi connectivity index (χ1) is 13.7. The van der Waals surface area contributed by atoms with Gasteiger partial charge in [0.1, 0.15) is 0 Å². The molecule has 0 rings (SSSR count). The van der Waals surface area contributed by atoms with Crippen LogP contribution in [0, 0.1) is 0 Å². The fraction of sp³-hybridized carbons (Fsp3) is 0.917. The van der Waals surface area contributed by atoms with Gasteiger partial charge in [-0.15, -0.1) is 0 Å². The van der Waals surface area contributed by atoms with Gasteiger partial charge in [0.15, 0.2) is 0 Å². The molecule has 0 amide bonds. The van der Waals surface area contributed by atoms with E-state index in [4.69, 9.17) is 13.3 Å². The number of unbranched alkanes of at least 4 members (excludes halogenated alkanes) is 11. The molecule has 168 valence electrons. The van der Waals surface area contributed by atoms with Gasteiger partial charge >= 0.3 is 8.80 Å². The average molecular weight is 415 g/mol. The van der Waals surface area contributed by atoms with Crippen LogP contribution in [0.25, 0.3) is 0 Å². The maximum Gasteiger partial charge on any atom is 0.529 e. The van der Waals surface area contributed by atoms with Crippen LogP contribution in [0.15, 0.2) is 11.8 Å². The lowest BCUT2D eigenvalue weighted by molar-refractivity contribution is 0.0675. The van der Waals surface area contributed by atoms with Crippen molar-refractivity contribution in [3.63, 3.8) is 0 Å². The van der Waals surface area contributed by atoms with E-state index in [1.165, 1.54) is 70.6 Å². The summed E-state index contributed by atoms with van der Waals surface area (Å²) in [4.78, 5) is 0. The summed E-state index contributed by atoms with van der Waals surface area (Å²) in [6.07, 6.45) is 20.5. The molecule has 0 aromatic rings. The van der Waals surface area contributed by atoms with Gasteiger partial charge in [-0.25, -0.2) is 0 Å². The first-order valence-electron chi connectivity index (χ1n) is 12.3. The summed E-state index contributed by atoms with van der Waals surface area (Å²) in [5.74, 6) is 0. The van der Waals surface area contributed by atoms with E-state index in [-0.39, 0.29) is 0 Å². The highest BCUT2D eigenvalue weighted by atomic mass is 28.4. The number of allylic oxidation sites excluding steroid dienone is 1. The zero-order valence-corrected chi connectivity index (χ0v) is 20.6. The Hall–Kier alpha value is -0.163. The summed E-state index contributed by atoms with van der Waals surface area (Å²) in [6.45, 7) is 11.2. The summed E-state index contributed by atoms with van der Waals surface area (Å²) >= 11 is 0. The summed E-state index contributed by atoms with van der Waals surface area (Å²) in [7, 11) is -2.70. The van der Waals surface area contributed by atoms with Crippen LogP contribution in [-0.4, -0.2) is 28.6 Å². The van der Waals surface area contributed by atoms with Gasteiger partial charge < -0.3 is 13.3 Å². The van der Waals surface area contributed by atoms with Crippen LogP contribution in [0.2, 0.25) is 0 Å². The fourth-order valence-electron chi connectivity index (χ4n) is 3.06. The highest BCUT2D eigenvalue weighted by molar-refractivity contribution is 6.66. The molecule has 28 heavy (non-hydrogen) atoms. The van der Waals surface area contributed by atoms with Crippen LogP contribution >= 0.6 is 0 Å². The smallest absolute Gasteiger partial charge is 0.370 e. The van der Waals surface area contributed by atoms with E-state index in [9.17, 15) is 0 Å². The second-order valence-electron chi connectivity index (χ2n) is 7.88. The first-order valence-corrected chi connectivity index (χ1v) is 14.1. The molecular formula is C24H50O3Si. The van der Waals surface area contributed by atoms with Gasteiger partial charge in [0.25, 0.3) is 0 Å². The second-order valence-corrected chi connectivity index (χ2v) is 10.3. The van der Waals surface area contributed by atoms with Gasteiger partial charge in [0, 0.05) is 19.8 Å². The van der Waals surface area contributed by atoms with Gasteiger partial charge in [0.2, 0.25) is 0 Å². The van der Waals surface area contributed by atoms with E-state index < -0.39 is 8.80 Å². The van der Waals surface area contributed by atoms with Crippen molar-refractivity contribution in [1.82, 2.24) is 0 Å². The lowest BCUT2D eigenvalue weighted by Crippen LogP contribution is -2.45. The van der Waals surface area contributed by atoms with E-state index in [0.29, 0.717) is 0 Å². The number of hydrogen-bond acceptors (Lipinski definition) is 3. The van der Waals surface area contributed by atoms with Crippen molar-refractivity contribution < 1.29 is 13.3 Å². The summed E-state index contributed by atoms with van der Waals surface area (Å²) in [5.41, 5.74) is 2.19. The van der Waals surface area contributed by atoms with Crippen molar-refractivity contribution in [2.45, 2.75) is 124 Å². The first kappa shape index (κ1) is 27.8. The molecule has 0 saturated heterocycles. The second kappa shape index (κ2) is 21.5. The predicted octanol–water partition coefficient (Wildman–Crippen LogP) is 8.00. The third-order valence-corrected chi connectivity index (χ3v) is 7.41. The lowest BCUT2D eigenvalue weighted by Gasteiger charge is -2.27. The molecule has 4 heteroatoms. The largest absolute Gasteiger partial charge is 0.529 e. The van der Waals surface area contributed by atoms with Crippen LogP contribution < -0.4 is 0 Å². The molecule has 0 radical (unpaired) electrons. The molecule has 0 aliphatic carbocycles. The lowest BCUT2D eigenvalue weighted by atomic mass is 10.1. The highest BCUT2D eigenvalue weighted by Gasteiger charge is 2.38. The average Bonchev–Trinajstić information content (AvgIpc) is 2.71. The van der Waals surface area contributed by atoms with Gasteiger partial charge in [-0.05, 0) is 37.8 Å². The molecule has 0 fully saturated rings. The molecule has 0 saturated carbocycles. The van der Waals surface area contributed by atoms with Crippen molar-refractivity contribution in [3.8, 4) is 0 Å². The van der Waals surface area contributed by atoms with E-state index in [1.807, 2.05) is 0 Å². The Bertz CT molecular complexity index is 303. The highest BCUT2D eigenvalue weighted by Crippen LogP contribution is 2.17. The van der Waals surface area contributed by atoms with Crippen LogP contribution in [0.1, 0.15) is 124 Å². The maximum atomic E-state index is 6.35. The van der Waals surface area contributed by atoms with E-state index >= 15 is 0 Å². The quantitative estimate of drug-likeness (QED) is 0.133. The van der Waals surface area contributed by atoms with E-state index in [0.717, 1.165) is 45.5 Å². The van der Waals surface area contributed by atoms with Gasteiger partial charge in [-0.1, -0.05) is 98.0 Å². The molecule has 0 unspecified atom stereocenters. The Kier molecular flexibility index (Phi) is 21.4. The monoisotopic (exact) mass is 414 g/mol. The minimum Gasteiger partial charge on any atom is -0.370 e. The van der Waals surface area contributed by atoms with Crippen molar-refractivity contribution >= 4 is 8.80 Å². The zero-order valence-electron chi connectivity index (χ0n) is 19.6. The molecule has 0 aliphatic heterocycles. The topological polar surface area (TPSA) is 27.7 Å². The van der Waals surface area contributed by atoms with Gasteiger partial charge in [-0.2, -0.15) is 0 Å². The Morgan fingerprint density at radius 1 is 0.500 bits per heavy atom. The van der Waals surface area contributed by atoms with Crippen molar-refractivity contribution in [2.75, 3.05) is 19.8 Å². The normalized spacial score (nSPS) is 12.3. The number of rotatable bonds is 22. The zero-order chi connectivity index (χ0) is 20.8. The Morgan fingerprint density at radius 2 is 0.893 bits per heavy atom. The van der Waals surface area contributed by atoms with Crippen LogP contribution in [0.3, 0.4) is 0 Å². The molecule has 0 aromatic carbocycles. The Balaban J connectivity index is 4.75. The predicted molar refractivity (Wildman–Crippen MR) is 125 cm³/mol. The SMILES string of the molecule is CCCCCCC/C=C/[Si](OCCCCC)(OCCCCC)OCCCCC. The standard InChI is InChI=1S/C24H50O3Si/c1-5-9-13-14-15-16-20-24-28(25-21-17-10-6-2,26-22-18-11-7-3)27-23-19-12-8-4/h20,24H,5-19,21-23H2,1-4H3/b24-20+. The summed E-state index contributed by atoms with van der Waals surface area (Å²) in [5, 5.41) is 0. The molecule has 0 spiro atoms. The third kappa shape index (κ3) is 16.8. The fourth-order valence-corrected chi connectivity index (χ4v) is 5.34. The van der Waals surface area contributed by atoms with Crippen molar-refractivity contribution in [1.29, 1.82) is 0 Å². The summed E-state index contributed by atoms with van der Waals surface area (Å²) < 4.78 is 19.0. The van der Waals surface area contributed by atoms with Crippen LogP contribution in [0.4, 0.5) is 0 Å². The molecule has 0 atom stereocenters. The van der Waals surface area contributed by atoms with Crippen LogP contribution in [-0.2, 0) is 13.3 Å². The molecule has 0 aromatic heterocycles. The summed E-state index contributed by atoms with van der Waals surface area (Å²) in [6, 6.07) is 0. The molecular weight excluding hydrogens is 364 g/mol. The Labute approximate surface area is 178 Å². The Morgan fingerprint density at radius 3 is 1.32 bits per heavy atom. The van der Waals surface area contributed by atoms with E-state index in [2.05, 4.69) is 39.5 Å². The van der Waals surface area contributed by atoms with Crippen LogP contribution in [0.5, 0.6) is 0 Å². The minimum absolute atomic E-state index is 0.752. The molecule has 0 bridgehead atoms. The van der Waals surface area contributed by atoms with Crippen molar-refractivity contribution in [3.05, 3.63) is 11.8 Å².